The standard InChI is InChI=1S/C10H12N4O2S2/c1-18(15,16)9-7-17-5-4-14(9)10-12-3-2-8(6-11)13-10/h2-3,9H,4-5,7H2,1H3. The summed E-state index contributed by atoms with van der Waals surface area (Å²) in [7, 11) is -3.20. The van der Waals surface area contributed by atoms with Gasteiger partial charge in [-0.15, -0.1) is 0 Å². The van der Waals surface area contributed by atoms with Crippen molar-refractivity contribution < 1.29 is 8.42 Å². The molecule has 18 heavy (non-hydrogen) atoms. The van der Waals surface area contributed by atoms with Crippen LogP contribution in [0.4, 0.5) is 5.95 Å². The zero-order valence-electron chi connectivity index (χ0n) is 9.78. The minimum absolute atomic E-state index is 0.241. The normalized spacial score (nSPS) is 20.4. The lowest BCUT2D eigenvalue weighted by Gasteiger charge is -2.33. The van der Waals surface area contributed by atoms with Crippen molar-refractivity contribution >= 4 is 27.5 Å². The van der Waals surface area contributed by atoms with Gasteiger partial charge >= 0.3 is 0 Å². The Hall–Kier alpha value is -1.33. The summed E-state index contributed by atoms with van der Waals surface area (Å²) in [6.07, 6.45) is 2.69. The minimum atomic E-state index is -3.20. The summed E-state index contributed by atoms with van der Waals surface area (Å²) >= 11 is 1.60. The molecule has 8 heteroatoms. The van der Waals surface area contributed by atoms with Gasteiger partial charge in [0.05, 0.1) is 0 Å². The van der Waals surface area contributed by atoms with Crippen LogP contribution in [-0.2, 0) is 9.84 Å². The molecule has 1 saturated heterocycles. The topological polar surface area (TPSA) is 87.0 Å². The van der Waals surface area contributed by atoms with Gasteiger partial charge in [-0.2, -0.15) is 17.0 Å². The van der Waals surface area contributed by atoms with Crippen LogP contribution in [0, 0.1) is 11.3 Å². The summed E-state index contributed by atoms with van der Waals surface area (Å²) < 4.78 is 23.5. The van der Waals surface area contributed by atoms with Gasteiger partial charge in [0.2, 0.25) is 5.95 Å². The summed E-state index contributed by atoms with van der Waals surface area (Å²) in [6.45, 7) is 0.567. The maximum atomic E-state index is 11.7. The fourth-order valence-corrected chi connectivity index (χ4v) is 4.53. The maximum absolute atomic E-state index is 11.7. The summed E-state index contributed by atoms with van der Waals surface area (Å²) in [5, 5.41) is 8.18. The number of nitriles is 1. The molecule has 0 amide bonds. The molecule has 1 aromatic rings. The maximum Gasteiger partial charge on any atom is 0.227 e. The highest BCUT2D eigenvalue weighted by molar-refractivity contribution is 8.01. The Morgan fingerprint density at radius 2 is 2.39 bits per heavy atom. The van der Waals surface area contributed by atoms with E-state index in [1.165, 1.54) is 18.5 Å². The first-order valence-electron chi connectivity index (χ1n) is 5.29. The second-order valence-electron chi connectivity index (χ2n) is 3.91. The zero-order valence-corrected chi connectivity index (χ0v) is 11.4. The van der Waals surface area contributed by atoms with Gasteiger partial charge in [-0.3, -0.25) is 0 Å². The highest BCUT2D eigenvalue weighted by Gasteiger charge is 2.32. The smallest absolute Gasteiger partial charge is 0.227 e. The van der Waals surface area contributed by atoms with E-state index in [-0.39, 0.29) is 5.69 Å². The number of sulfone groups is 1. The van der Waals surface area contributed by atoms with Crippen LogP contribution in [0.15, 0.2) is 12.3 Å². The molecule has 1 aromatic heterocycles. The number of hydrogen-bond acceptors (Lipinski definition) is 7. The first-order chi connectivity index (χ1) is 8.52. The molecule has 2 rings (SSSR count). The lowest BCUT2D eigenvalue weighted by atomic mass is 10.4. The highest BCUT2D eigenvalue weighted by atomic mass is 32.2. The number of nitrogens with zero attached hydrogens (tertiary/aromatic N) is 4. The monoisotopic (exact) mass is 284 g/mol. The SMILES string of the molecule is CS(=O)(=O)C1CSCCN1c1nccc(C#N)n1. The largest absolute Gasteiger partial charge is 0.322 e. The molecule has 1 fully saturated rings. The Morgan fingerprint density at radius 3 is 3.06 bits per heavy atom. The van der Waals surface area contributed by atoms with Gasteiger partial charge in [0, 0.05) is 30.5 Å². The first-order valence-corrected chi connectivity index (χ1v) is 8.39. The second kappa shape index (κ2) is 5.12. The van der Waals surface area contributed by atoms with Gasteiger partial charge in [-0.05, 0) is 6.07 Å². The van der Waals surface area contributed by atoms with Gasteiger partial charge in [0.1, 0.15) is 17.1 Å². The van der Waals surface area contributed by atoms with E-state index in [0.29, 0.717) is 18.2 Å². The van der Waals surface area contributed by atoms with Gasteiger partial charge in [-0.1, -0.05) is 0 Å². The van der Waals surface area contributed by atoms with Crippen LogP contribution < -0.4 is 4.90 Å². The quantitative estimate of drug-likeness (QED) is 0.770. The second-order valence-corrected chi connectivity index (χ2v) is 7.26. The highest BCUT2D eigenvalue weighted by Crippen LogP contribution is 2.23. The average molecular weight is 284 g/mol. The van der Waals surface area contributed by atoms with Crippen molar-refractivity contribution in [2.24, 2.45) is 0 Å². The summed E-state index contributed by atoms with van der Waals surface area (Å²) in [4.78, 5) is 9.78. The number of rotatable bonds is 2. The van der Waals surface area contributed by atoms with E-state index in [0.717, 1.165) is 5.75 Å². The van der Waals surface area contributed by atoms with Gasteiger partial charge < -0.3 is 4.90 Å². The molecule has 2 heterocycles. The molecule has 0 N–H and O–H groups in total. The number of anilines is 1. The van der Waals surface area contributed by atoms with Crippen LogP contribution in [0.3, 0.4) is 0 Å². The van der Waals surface area contributed by atoms with Crippen LogP contribution >= 0.6 is 11.8 Å². The molecule has 1 unspecified atom stereocenters. The van der Waals surface area contributed by atoms with Crippen molar-refractivity contribution in [1.82, 2.24) is 9.97 Å². The third-order valence-electron chi connectivity index (χ3n) is 2.59. The van der Waals surface area contributed by atoms with Crippen LogP contribution in [0.5, 0.6) is 0 Å². The van der Waals surface area contributed by atoms with Gasteiger partial charge in [0.25, 0.3) is 0 Å². The first kappa shape index (κ1) is 13.1. The Bertz CT molecular complexity index is 582. The van der Waals surface area contributed by atoms with E-state index in [1.54, 1.807) is 16.7 Å². The molecule has 0 saturated carbocycles. The molecular weight excluding hydrogens is 272 g/mol. The van der Waals surface area contributed by atoms with Crippen molar-refractivity contribution in [1.29, 1.82) is 5.26 Å². The predicted octanol–water partition coefficient (Wildman–Crippen LogP) is 0.272. The van der Waals surface area contributed by atoms with Crippen LogP contribution in [0.2, 0.25) is 0 Å². The van der Waals surface area contributed by atoms with Gasteiger partial charge in [-0.25, -0.2) is 18.4 Å². The molecule has 0 radical (unpaired) electrons. The molecular formula is C10H12N4O2S2. The summed E-state index contributed by atoms with van der Waals surface area (Å²) in [5.74, 6) is 1.63. The number of hydrogen-bond donors (Lipinski definition) is 0. The summed E-state index contributed by atoms with van der Waals surface area (Å²) in [5.41, 5.74) is 0.241. The van der Waals surface area contributed by atoms with E-state index in [9.17, 15) is 8.42 Å². The van der Waals surface area contributed by atoms with E-state index < -0.39 is 15.2 Å². The third kappa shape index (κ3) is 2.73. The van der Waals surface area contributed by atoms with Crippen molar-refractivity contribution in [3.8, 4) is 6.07 Å². The van der Waals surface area contributed by atoms with Gasteiger partial charge in [0.15, 0.2) is 9.84 Å². The molecule has 1 aliphatic rings. The van der Waals surface area contributed by atoms with Crippen molar-refractivity contribution in [2.75, 3.05) is 29.2 Å². The molecule has 1 atom stereocenters. The lowest BCUT2D eigenvalue weighted by Crippen LogP contribution is -2.47. The van der Waals surface area contributed by atoms with E-state index in [4.69, 9.17) is 5.26 Å². The third-order valence-corrected chi connectivity index (χ3v) is 5.24. The Labute approximate surface area is 110 Å². The lowest BCUT2D eigenvalue weighted by molar-refractivity contribution is 0.582. The number of aromatic nitrogens is 2. The van der Waals surface area contributed by atoms with E-state index in [2.05, 4.69) is 9.97 Å². The molecule has 0 aromatic carbocycles. The van der Waals surface area contributed by atoms with Crippen molar-refractivity contribution in [3.63, 3.8) is 0 Å². The molecule has 0 aliphatic carbocycles. The van der Waals surface area contributed by atoms with Crippen molar-refractivity contribution in [3.05, 3.63) is 18.0 Å². The minimum Gasteiger partial charge on any atom is -0.322 e. The molecule has 0 spiro atoms. The average Bonchev–Trinajstić information content (AvgIpc) is 2.38. The molecule has 1 aliphatic heterocycles. The number of thioether (sulfide) groups is 1. The Balaban J connectivity index is 2.37. The van der Waals surface area contributed by atoms with Crippen molar-refractivity contribution in [2.45, 2.75) is 5.37 Å². The van der Waals surface area contributed by atoms with Crippen LogP contribution in [0.25, 0.3) is 0 Å². The summed E-state index contributed by atoms with van der Waals surface area (Å²) in [6, 6.07) is 3.43. The van der Waals surface area contributed by atoms with E-state index >= 15 is 0 Å². The molecule has 96 valence electrons. The van der Waals surface area contributed by atoms with E-state index in [1.807, 2.05) is 6.07 Å². The predicted molar refractivity (Wildman–Crippen MR) is 70.0 cm³/mol. The van der Waals surface area contributed by atoms with Crippen LogP contribution in [-0.4, -0.2) is 48.1 Å². The Morgan fingerprint density at radius 1 is 1.61 bits per heavy atom. The fraction of sp³-hybridized carbons (Fsp3) is 0.500. The molecule has 6 nitrogen and oxygen atoms in total. The van der Waals surface area contributed by atoms with Crippen LogP contribution in [0.1, 0.15) is 5.69 Å². The molecule has 0 bridgehead atoms. The Kier molecular flexibility index (Phi) is 3.73. The fourth-order valence-electron chi connectivity index (χ4n) is 1.71. The zero-order chi connectivity index (χ0) is 13.2.